The van der Waals surface area contributed by atoms with Gasteiger partial charge in [0.25, 0.3) is 0 Å². The second-order valence-corrected chi connectivity index (χ2v) is 7.02. The summed E-state index contributed by atoms with van der Waals surface area (Å²) in [6, 6.07) is 8.80. The molecule has 1 aliphatic rings. The van der Waals surface area contributed by atoms with Crippen molar-refractivity contribution < 1.29 is 0 Å². The quantitative estimate of drug-likeness (QED) is 0.466. The lowest BCUT2D eigenvalue weighted by Crippen LogP contribution is -2.13. The van der Waals surface area contributed by atoms with E-state index in [1.54, 1.807) is 16.7 Å². The molecule has 0 heteroatoms. The molecule has 0 amide bonds. The third kappa shape index (κ3) is 4.59. The van der Waals surface area contributed by atoms with E-state index in [1.807, 2.05) is 0 Å². The molecule has 1 saturated carbocycles. The predicted molar refractivity (Wildman–Crippen MR) is 104 cm³/mol. The molecule has 0 aliphatic heterocycles. The molecular weight excluding hydrogens is 276 g/mol. The number of rotatable bonds is 8. The second kappa shape index (κ2) is 9.11. The lowest BCUT2D eigenvalue weighted by atomic mass is 9.75. The Hall–Kier alpha value is -1.30. The predicted octanol–water partition coefficient (Wildman–Crippen LogP) is 7.49. The summed E-state index contributed by atoms with van der Waals surface area (Å²) in [4.78, 5) is 0. The van der Waals surface area contributed by atoms with Crippen molar-refractivity contribution in [2.45, 2.75) is 79.1 Å². The van der Waals surface area contributed by atoms with Crippen LogP contribution in [0.5, 0.6) is 0 Å². The van der Waals surface area contributed by atoms with Gasteiger partial charge >= 0.3 is 0 Å². The van der Waals surface area contributed by atoms with Gasteiger partial charge in [-0.25, -0.2) is 0 Å². The van der Waals surface area contributed by atoms with Gasteiger partial charge in [-0.15, -0.1) is 0 Å². The molecule has 2 rings (SSSR count). The first kappa shape index (κ1) is 18.0. The standard InChI is InChI=1S/C23H34/c1-5-11-20(12-6-2)23(21-15-10-16-21)19(7-3)17-22-14-9-8-13-18(22)4/h8-9,13-14,17,20H,5-7,10-12,15-16H2,1-4H3/b19-17+. The molecule has 23 heavy (non-hydrogen) atoms. The summed E-state index contributed by atoms with van der Waals surface area (Å²) >= 11 is 0. The van der Waals surface area contributed by atoms with Gasteiger partial charge in [0.05, 0.1) is 0 Å². The van der Waals surface area contributed by atoms with E-state index in [-0.39, 0.29) is 0 Å². The van der Waals surface area contributed by atoms with Crippen LogP contribution < -0.4 is 0 Å². The van der Waals surface area contributed by atoms with E-state index in [2.05, 4.69) is 58.0 Å². The lowest BCUT2D eigenvalue weighted by molar-refractivity contribution is 0.488. The van der Waals surface area contributed by atoms with Crippen molar-refractivity contribution in [3.05, 3.63) is 52.1 Å². The highest BCUT2D eigenvalue weighted by atomic mass is 14.3. The lowest BCUT2D eigenvalue weighted by Gasteiger charge is -2.30. The van der Waals surface area contributed by atoms with Gasteiger partial charge < -0.3 is 0 Å². The summed E-state index contributed by atoms with van der Waals surface area (Å²) in [6.07, 6.45) is 13.0. The Morgan fingerprint density at radius 2 is 1.70 bits per heavy atom. The third-order valence-corrected chi connectivity index (χ3v) is 5.27. The summed E-state index contributed by atoms with van der Waals surface area (Å²) in [5, 5.41) is 0. The van der Waals surface area contributed by atoms with Crippen LogP contribution >= 0.6 is 0 Å². The zero-order chi connectivity index (χ0) is 16.7. The molecule has 0 aromatic heterocycles. The van der Waals surface area contributed by atoms with Crippen molar-refractivity contribution >= 4 is 6.08 Å². The molecule has 1 aromatic rings. The van der Waals surface area contributed by atoms with E-state index < -0.39 is 0 Å². The largest absolute Gasteiger partial charge is 0.0664 e. The minimum absolute atomic E-state index is 0.774. The Balaban J connectivity index is 2.42. The van der Waals surface area contributed by atoms with Crippen molar-refractivity contribution in [2.75, 3.05) is 0 Å². The van der Waals surface area contributed by atoms with Gasteiger partial charge in [-0.05, 0) is 73.6 Å². The van der Waals surface area contributed by atoms with E-state index in [1.165, 1.54) is 56.1 Å². The molecule has 0 heterocycles. The summed E-state index contributed by atoms with van der Waals surface area (Å²) in [7, 11) is 0. The van der Waals surface area contributed by atoms with Crippen LogP contribution in [0, 0.1) is 12.8 Å². The van der Waals surface area contributed by atoms with Crippen molar-refractivity contribution in [2.24, 2.45) is 5.92 Å². The van der Waals surface area contributed by atoms with E-state index in [0.717, 1.165) is 12.3 Å². The van der Waals surface area contributed by atoms with E-state index >= 15 is 0 Å². The number of allylic oxidation sites excluding steroid dienone is 3. The first-order valence-corrected chi connectivity index (χ1v) is 9.69. The number of aryl methyl sites for hydroxylation is 1. The zero-order valence-corrected chi connectivity index (χ0v) is 15.6. The van der Waals surface area contributed by atoms with Crippen molar-refractivity contribution in [3.8, 4) is 0 Å². The maximum absolute atomic E-state index is 2.48. The van der Waals surface area contributed by atoms with Gasteiger partial charge in [-0.1, -0.05) is 69.5 Å². The first-order valence-electron chi connectivity index (χ1n) is 9.69. The summed E-state index contributed by atoms with van der Waals surface area (Å²) < 4.78 is 0. The average molecular weight is 311 g/mol. The van der Waals surface area contributed by atoms with E-state index in [4.69, 9.17) is 0 Å². The van der Waals surface area contributed by atoms with Crippen LogP contribution in [-0.2, 0) is 0 Å². The molecule has 1 fully saturated rings. The highest BCUT2D eigenvalue weighted by Gasteiger charge is 2.23. The molecule has 1 aliphatic carbocycles. The fourth-order valence-corrected chi connectivity index (χ4v) is 3.84. The van der Waals surface area contributed by atoms with Crippen LogP contribution in [0.1, 0.15) is 83.3 Å². The Bertz CT molecular complexity index is 547. The van der Waals surface area contributed by atoms with Crippen molar-refractivity contribution in [3.63, 3.8) is 0 Å². The minimum atomic E-state index is 0.774. The van der Waals surface area contributed by atoms with Crippen LogP contribution in [0.4, 0.5) is 0 Å². The summed E-state index contributed by atoms with van der Waals surface area (Å²) in [5.41, 5.74) is 7.89. The van der Waals surface area contributed by atoms with Crippen LogP contribution in [-0.4, -0.2) is 0 Å². The second-order valence-electron chi connectivity index (χ2n) is 7.02. The molecule has 0 radical (unpaired) electrons. The molecule has 0 nitrogen and oxygen atoms in total. The van der Waals surface area contributed by atoms with Gasteiger partial charge in [0, 0.05) is 0 Å². The minimum Gasteiger partial charge on any atom is -0.0664 e. The Morgan fingerprint density at radius 1 is 1.04 bits per heavy atom. The molecule has 0 atom stereocenters. The average Bonchev–Trinajstić information content (AvgIpc) is 2.50. The monoisotopic (exact) mass is 310 g/mol. The number of benzene rings is 1. The van der Waals surface area contributed by atoms with Crippen molar-refractivity contribution in [1.82, 2.24) is 0 Å². The highest BCUT2D eigenvalue weighted by molar-refractivity contribution is 5.62. The zero-order valence-electron chi connectivity index (χ0n) is 15.6. The van der Waals surface area contributed by atoms with Gasteiger partial charge in [-0.3, -0.25) is 0 Å². The number of hydrogen-bond acceptors (Lipinski definition) is 0. The maximum Gasteiger partial charge on any atom is -0.0160 e. The molecule has 0 bridgehead atoms. The first-order chi connectivity index (χ1) is 11.2. The maximum atomic E-state index is 2.48. The fraction of sp³-hybridized carbons (Fsp3) is 0.565. The van der Waals surface area contributed by atoms with Crippen LogP contribution in [0.15, 0.2) is 41.0 Å². The molecule has 0 saturated heterocycles. The molecular formula is C23H34. The van der Waals surface area contributed by atoms with Crippen LogP contribution in [0.2, 0.25) is 0 Å². The van der Waals surface area contributed by atoms with Gasteiger partial charge in [-0.2, -0.15) is 0 Å². The Labute approximate surface area is 143 Å². The smallest absolute Gasteiger partial charge is 0.0160 e. The van der Waals surface area contributed by atoms with E-state index in [0.29, 0.717) is 0 Å². The van der Waals surface area contributed by atoms with Gasteiger partial charge in [0.2, 0.25) is 0 Å². The molecule has 0 spiro atoms. The van der Waals surface area contributed by atoms with Crippen molar-refractivity contribution in [1.29, 1.82) is 0 Å². The Kier molecular flexibility index (Phi) is 7.15. The third-order valence-electron chi connectivity index (χ3n) is 5.27. The topological polar surface area (TPSA) is 0 Å². The van der Waals surface area contributed by atoms with Gasteiger partial charge in [0.1, 0.15) is 0 Å². The summed E-state index contributed by atoms with van der Waals surface area (Å²) in [5.74, 6) is 0.774. The van der Waals surface area contributed by atoms with Crippen LogP contribution in [0.25, 0.3) is 6.08 Å². The molecule has 126 valence electrons. The molecule has 0 unspecified atom stereocenters. The van der Waals surface area contributed by atoms with Gasteiger partial charge in [0.15, 0.2) is 0 Å². The summed E-state index contributed by atoms with van der Waals surface area (Å²) in [6.45, 7) is 9.23. The Morgan fingerprint density at radius 3 is 2.17 bits per heavy atom. The number of hydrogen-bond donors (Lipinski definition) is 0. The normalized spacial score (nSPS) is 15.0. The highest BCUT2D eigenvalue weighted by Crippen LogP contribution is 2.40. The molecule has 1 aromatic carbocycles. The molecule has 0 N–H and O–H groups in total. The van der Waals surface area contributed by atoms with Crippen LogP contribution in [0.3, 0.4) is 0 Å². The fourth-order valence-electron chi connectivity index (χ4n) is 3.84. The van der Waals surface area contributed by atoms with E-state index in [9.17, 15) is 0 Å². The SMILES string of the molecule is CCCC(CCC)C(=C1CCC1)/C(=C/c1ccccc1C)CC.